The number of likely N-dealkylation sites (tertiary alicyclic amines) is 1. The minimum Gasteiger partial charge on any atom is -0.358 e. The average Bonchev–Trinajstić information content (AvgIpc) is 3.14. The molecule has 3 aromatic rings. The van der Waals surface area contributed by atoms with E-state index >= 15 is 0 Å². The van der Waals surface area contributed by atoms with Gasteiger partial charge < -0.3 is 9.88 Å². The Morgan fingerprint density at radius 1 is 1.03 bits per heavy atom. The lowest BCUT2D eigenvalue weighted by molar-refractivity contribution is -0.179. The van der Waals surface area contributed by atoms with Gasteiger partial charge in [0.25, 0.3) is 0 Å². The molecule has 0 radical (unpaired) electrons. The molecule has 0 aliphatic carbocycles. The molecular formula is C24H23ClF6N2. The van der Waals surface area contributed by atoms with Crippen molar-refractivity contribution >= 4 is 22.5 Å². The third-order valence-electron chi connectivity index (χ3n) is 6.24. The number of halogens is 7. The summed E-state index contributed by atoms with van der Waals surface area (Å²) in [5.41, 5.74) is 0.942. The molecule has 0 amide bonds. The van der Waals surface area contributed by atoms with E-state index in [1.165, 1.54) is 6.07 Å². The second-order valence-corrected chi connectivity index (χ2v) is 9.13. The van der Waals surface area contributed by atoms with Gasteiger partial charge in [0.15, 0.2) is 0 Å². The molecule has 33 heavy (non-hydrogen) atoms. The second-order valence-electron chi connectivity index (χ2n) is 8.69. The van der Waals surface area contributed by atoms with E-state index in [0.717, 1.165) is 17.5 Å². The summed E-state index contributed by atoms with van der Waals surface area (Å²) in [7, 11) is 0. The molecule has 1 aromatic heterocycles. The van der Waals surface area contributed by atoms with Gasteiger partial charge in [-0.2, -0.15) is 26.3 Å². The van der Waals surface area contributed by atoms with Crippen LogP contribution in [0.5, 0.6) is 0 Å². The van der Waals surface area contributed by atoms with Crippen molar-refractivity contribution in [1.29, 1.82) is 0 Å². The fourth-order valence-electron chi connectivity index (χ4n) is 4.59. The largest absolute Gasteiger partial charge is 0.416 e. The Kier molecular flexibility index (Phi) is 6.69. The van der Waals surface area contributed by atoms with Crippen LogP contribution in [-0.4, -0.2) is 35.7 Å². The Morgan fingerprint density at radius 2 is 1.82 bits per heavy atom. The number of aromatic nitrogens is 1. The minimum atomic E-state index is -4.45. The lowest BCUT2D eigenvalue weighted by Crippen LogP contribution is -2.42. The summed E-state index contributed by atoms with van der Waals surface area (Å²) < 4.78 is 80.9. The van der Waals surface area contributed by atoms with E-state index in [2.05, 4.69) is 4.98 Å². The molecule has 2 nitrogen and oxygen atoms in total. The zero-order chi connectivity index (χ0) is 23.8. The summed E-state index contributed by atoms with van der Waals surface area (Å²) in [5, 5.41) is 1.29. The van der Waals surface area contributed by atoms with Gasteiger partial charge in [0, 0.05) is 35.7 Å². The number of hydrogen-bond acceptors (Lipinski definition) is 1. The lowest BCUT2D eigenvalue weighted by atomic mass is 9.89. The molecule has 0 saturated carbocycles. The number of hydrogen-bond donors (Lipinski definition) is 1. The van der Waals surface area contributed by atoms with Crippen LogP contribution < -0.4 is 0 Å². The van der Waals surface area contributed by atoms with Gasteiger partial charge in [-0.1, -0.05) is 35.9 Å². The van der Waals surface area contributed by atoms with Crippen molar-refractivity contribution in [2.45, 2.75) is 37.5 Å². The molecule has 0 spiro atoms. The van der Waals surface area contributed by atoms with Crippen LogP contribution >= 0.6 is 11.6 Å². The Morgan fingerprint density at radius 3 is 2.55 bits per heavy atom. The molecule has 4 rings (SSSR count). The highest BCUT2D eigenvalue weighted by Gasteiger charge is 2.41. The number of nitrogens with zero attached hydrogens (tertiary/aromatic N) is 1. The van der Waals surface area contributed by atoms with Crippen LogP contribution in [0.3, 0.4) is 0 Å². The lowest BCUT2D eigenvalue weighted by Gasteiger charge is -2.36. The molecule has 1 fully saturated rings. The van der Waals surface area contributed by atoms with Gasteiger partial charge in [0.05, 0.1) is 11.5 Å². The van der Waals surface area contributed by atoms with Gasteiger partial charge >= 0.3 is 12.4 Å². The summed E-state index contributed by atoms with van der Waals surface area (Å²) in [6, 6.07) is 11.9. The van der Waals surface area contributed by atoms with Crippen LogP contribution in [0, 0.1) is 5.92 Å². The monoisotopic (exact) mass is 488 g/mol. The van der Waals surface area contributed by atoms with Crippen molar-refractivity contribution in [3.8, 4) is 0 Å². The van der Waals surface area contributed by atoms with E-state index in [1.54, 1.807) is 35.2 Å². The molecule has 1 N–H and O–H groups in total. The maximum Gasteiger partial charge on any atom is 0.416 e. The molecule has 2 atom stereocenters. The number of fused-ring (bicyclic) bond motifs is 1. The van der Waals surface area contributed by atoms with E-state index in [0.29, 0.717) is 47.7 Å². The summed E-state index contributed by atoms with van der Waals surface area (Å²) in [4.78, 5) is 4.75. The number of alkyl halides is 6. The van der Waals surface area contributed by atoms with Crippen molar-refractivity contribution in [3.05, 3.63) is 70.4 Å². The van der Waals surface area contributed by atoms with Crippen LogP contribution in [0.1, 0.15) is 35.6 Å². The first-order valence-electron chi connectivity index (χ1n) is 10.7. The van der Waals surface area contributed by atoms with Crippen molar-refractivity contribution in [3.63, 3.8) is 0 Å². The number of nitrogens with one attached hydrogen (secondary N) is 1. The Bertz CT molecular complexity index is 1100. The maximum atomic E-state index is 13.9. The average molecular weight is 489 g/mol. The maximum absolute atomic E-state index is 13.9. The summed E-state index contributed by atoms with van der Waals surface area (Å²) >= 11 is 5.96. The third kappa shape index (κ3) is 5.84. The first-order chi connectivity index (χ1) is 15.5. The van der Waals surface area contributed by atoms with E-state index in [1.807, 2.05) is 0 Å². The molecular weight excluding hydrogens is 466 g/mol. The zero-order valence-electron chi connectivity index (χ0n) is 17.6. The van der Waals surface area contributed by atoms with Crippen LogP contribution in [0.4, 0.5) is 26.3 Å². The number of benzene rings is 2. The fourth-order valence-corrected chi connectivity index (χ4v) is 4.76. The highest BCUT2D eigenvalue weighted by molar-refractivity contribution is 6.31. The van der Waals surface area contributed by atoms with Crippen LogP contribution in [0.15, 0.2) is 48.5 Å². The SMILES string of the molecule is FC(F)(F)c1cccc(C2CCCN(CC(Cc3cc4ccc(Cl)cc4[nH]3)C(F)(F)F)C2)c1. The van der Waals surface area contributed by atoms with Gasteiger partial charge in [-0.25, -0.2) is 0 Å². The molecule has 9 heteroatoms. The standard InChI is InChI=1S/C24H23ClF6N2/c25-20-7-6-16-10-21(32-22(16)12-20)11-19(24(29,30)31)14-33-8-2-4-17(13-33)15-3-1-5-18(9-15)23(26,27)28/h1,3,5-7,9-10,12,17,19,32H,2,4,8,11,13-14H2. The Labute approximate surface area is 192 Å². The highest BCUT2D eigenvalue weighted by atomic mass is 35.5. The highest BCUT2D eigenvalue weighted by Crippen LogP contribution is 2.36. The normalized spacial score (nSPS) is 19.2. The first-order valence-corrected chi connectivity index (χ1v) is 11.1. The van der Waals surface area contributed by atoms with E-state index in [-0.39, 0.29) is 18.9 Å². The third-order valence-corrected chi connectivity index (χ3v) is 6.47. The summed E-state index contributed by atoms with van der Waals surface area (Å²) in [6.45, 7) is 0.593. The van der Waals surface area contributed by atoms with Crippen molar-refractivity contribution < 1.29 is 26.3 Å². The van der Waals surface area contributed by atoms with Gasteiger partial charge in [-0.15, -0.1) is 0 Å². The molecule has 1 aliphatic rings. The molecule has 2 heterocycles. The van der Waals surface area contributed by atoms with Gasteiger partial charge in [0.2, 0.25) is 0 Å². The van der Waals surface area contributed by atoms with Crippen LogP contribution in [0.2, 0.25) is 5.02 Å². The van der Waals surface area contributed by atoms with E-state index < -0.39 is 23.8 Å². The Hall–Kier alpha value is -2.19. The topological polar surface area (TPSA) is 19.0 Å². The molecule has 0 bridgehead atoms. The summed E-state index contributed by atoms with van der Waals surface area (Å²) in [5.74, 6) is -1.83. The van der Waals surface area contributed by atoms with Crippen molar-refractivity contribution in [1.82, 2.24) is 9.88 Å². The second kappa shape index (κ2) is 9.22. The predicted octanol–water partition coefficient (Wildman–Crippen LogP) is 7.44. The predicted molar refractivity (Wildman–Crippen MR) is 116 cm³/mol. The van der Waals surface area contributed by atoms with Gasteiger partial charge in [-0.3, -0.25) is 0 Å². The molecule has 2 unspecified atom stereocenters. The zero-order valence-corrected chi connectivity index (χ0v) is 18.4. The molecule has 1 aliphatic heterocycles. The van der Waals surface area contributed by atoms with E-state index in [9.17, 15) is 26.3 Å². The van der Waals surface area contributed by atoms with Crippen molar-refractivity contribution in [2.24, 2.45) is 5.92 Å². The Balaban J connectivity index is 1.48. The fraction of sp³-hybridized carbons (Fsp3) is 0.417. The number of aromatic amines is 1. The molecule has 2 aromatic carbocycles. The number of H-pyrrole nitrogens is 1. The van der Waals surface area contributed by atoms with Crippen LogP contribution in [-0.2, 0) is 12.6 Å². The van der Waals surface area contributed by atoms with Gasteiger partial charge in [-0.05, 0) is 60.5 Å². The first kappa shape index (κ1) is 24.0. The van der Waals surface area contributed by atoms with Crippen molar-refractivity contribution in [2.75, 3.05) is 19.6 Å². The quantitative estimate of drug-likeness (QED) is 0.370. The number of rotatable bonds is 5. The number of piperidine rings is 1. The summed E-state index contributed by atoms with van der Waals surface area (Å²) in [6.07, 6.45) is -7.78. The molecule has 178 valence electrons. The molecule has 1 saturated heterocycles. The van der Waals surface area contributed by atoms with Gasteiger partial charge in [0.1, 0.15) is 0 Å². The minimum absolute atomic E-state index is 0.199. The van der Waals surface area contributed by atoms with E-state index in [4.69, 9.17) is 11.6 Å². The van der Waals surface area contributed by atoms with Crippen LogP contribution in [0.25, 0.3) is 10.9 Å². The smallest absolute Gasteiger partial charge is 0.358 e.